The van der Waals surface area contributed by atoms with Gasteiger partial charge in [0.1, 0.15) is 0 Å². The lowest BCUT2D eigenvalue weighted by molar-refractivity contribution is 0.178. The molecule has 0 aliphatic heterocycles. The molecule has 0 heterocycles. The summed E-state index contributed by atoms with van der Waals surface area (Å²) < 4.78 is 31.7. The minimum absolute atomic E-state index is 0.376. The van der Waals surface area contributed by atoms with Gasteiger partial charge in [0.05, 0.1) is 6.61 Å². The van der Waals surface area contributed by atoms with Crippen molar-refractivity contribution in [3.05, 3.63) is 0 Å². The summed E-state index contributed by atoms with van der Waals surface area (Å²) in [5, 5.41) is 0. The third-order valence-corrected chi connectivity index (χ3v) is 4.56. The van der Waals surface area contributed by atoms with Gasteiger partial charge < -0.3 is 4.74 Å². The molecule has 0 fully saturated rings. The van der Waals surface area contributed by atoms with Crippen LogP contribution in [0, 0.1) is 0 Å². The summed E-state index contributed by atoms with van der Waals surface area (Å²) in [6, 6.07) is 0. The van der Waals surface area contributed by atoms with Crippen molar-refractivity contribution in [1.29, 1.82) is 0 Å². The molecule has 98 valence electrons. The van der Waals surface area contributed by atoms with Crippen molar-refractivity contribution < 1.29 is 13.2 Å². The van der Waals surface area contributed by atoms with Crippen molar-refractivity contribution >= 4 is 21.8 Å². The fourth-order valence-electron chi connectivity index (χ4n) is 1.22. The van der Waals surface area contributed by atoms with E-state index in [1.165, 1.54) is 8.61 Å². The van der Waals surface area contributed by atoms with Crippen molar-refractivity contribution in [3.63, 3.8) is 0 Å². The second-order valence-corrected chi connectivity index (χ2v) is 5.77. The monoisotopic (exact) mass is 272 g/mol. The number of halogens is 1. The lowest BCUT2D eigenvalue weighted by Crippen LogP contribution is -2.43. The SMILES string of the molecule is CCN(CCOC)S(=O)(=O)N(C)CCCCl. The van der Waals surface area contributed by atoms with E-state index in [1.807, 2.05) is 6.92 Å². The van der Waals surface area contributed by atoms with Crippen LogP contribution in [0.15, 0.2) is 0 Å². The van der Waals surface area contributed by atoms with Crippen molar-refractivity contribution in [2.75, 3.05) is 46.3 Å². The number of alkyl halides is 1. The first-order chi connectivity index (χ1) is 7.50. The summed E-state index contributed by atoms with van der Waals surface area (Å²) in [6.07, 6.45) is 0.652. The van der Waals surface area contributed by atoms with Gasteiger partial charge in [-0.1, -0.05) is 6.92 Å². The predicted octanol–water partition coefficient (Wildman–Crippen LogP) is 0.760. The quantitative estimate of drug-likeness (QED) is 0.583. The molecule has 7 heteroatoms. The molecule has 16 heavy (non-hydrogen) atoms. The van der Waals surface area contributed by atoms with Crippen molar-refractivity contribution in [3.8, 4) is 0 Å². The van der Waals surface area contributed by atoms with Gasteiger partial charge in [-0.3, -0.25) is 0 Å². The molecule has 0 atom stereocenters. The van der Waals surface area contributed by atoms with Gasteiger partial charge in [-0.25, -0.2) is 0 Å². The number of hydrogen-bond donors (Lipinski definition) is 0. The van der Waals surface area contributed by atoms with E-state index >= 15 is 0 Å². The Morgan fingerprint density at radius 1 is 1.31 bits per heavy atom. The van der Waals surface area contributed by atoms with Crippen LogP contribution < -0.4 is 0 Å². The highest BCUT2D eigenvalue weighted by Crippen LogP contribution is 2.06. The number of rotatable bonds is 9. The minimum Gasteiger partial charge on any atom is -0.383 e. The zero-order valence-corrected chi connectivity index (χ0v) is 11.7. The van der Waals surface area contributed by atoms with Crippen LogP contribution in [-0.4, -0.2) is 63.3 Å². The first-order valence-corrected chi connectivity index (χ1v) is 7.20. The van der Waals surface area contributed by atoms with E-state index in [-0.39, 0.29) is 0 Å². The van der Waals surface area contributed by atoms with Gasteiger partial charge in [0.25, 0.3) is 10.2 Å². The van der Waals surface area contributed by atoms with Gasteiger partial charge >= 0.3 is 0 Å². The molecule has 5 nitrogen and oxygen atoms in total. The summed E-state index contributed by atoms with van der Waals surface area (Å²) in [7, 11) is -0.248. The molecule has 0 aromatic heterocycles. The Bertz CT molecular complexity index is 272. The van der Waals surface area contributed by atoms with E-state index in [9.17, 15) is 8.42 Å². The molecule has 0 radical (unpaired) electrons. The Labute approximate surface area is 103 Å². The Hall–Kier alpha value is 0.120. The second-order valence-electron chi connectivity index (χ2n) is 3.36. The Morgan fingerprint density at radius 3 is 2.38 bits per heavy atom. The molecule has 0 saturated carbocycles. The lowest BCUT2D eigenvalue weighted by Gasteiger charge is -2.26. The molecular formula is C9H21ClN2O3S. The van der Waals surface area contributed by atoms with E-state index in [0.717, 1.165) is 0 Å². The highest BCUT2D eigenvalue weighted by Gasteiger charge is 2.24. The van der Waals surface area contributed by atoms with Crippen molar-refractivity contribution in [2.24, 2.45) is 0 Å². The van der Waals surface area contributed by atoms with Crippen molar-refractivity contribution in [2.45, 2.75) is 13.3 Å². The molecule has 0 spiro atoms. The zero-order chi connectivity index (χ0) is 12.6. The summed E-state index contributed by atoms with van der Waals surface area (Å²) >= 11 is 5.54. The van der Waals surface area contributed by atoms with E-state index in [2.05, 4.69) is 0 Å². The first kappa shape index (κ1) is 16.1. The van der Waals surface area contributed by atoms with Gasteiger partial charge in [0.15, 0.2) is 0 Å². The van der Waals surface area contributed by atoms with Crippen molar-refractivity contribution in [1.82, 2.24) is 8.61 Å². The summed E-state index contributed by atoms with van der Waals surface area (Å²) in [6.45, 7) is 3.46. The number of ether oxygens (including phenoxy) is 1. The highest BCUT2D eigenvalue weighted by atomic mass is 35.5. The van der Waals surface area contributed by atoms with Crippen LogP contribution in [-0.2, 0) is 14.9 Å². The number of methoxy groups -OCH3 is 1. The third-order valence-electron chi connectivity index (χ3n) is 2.22. The van der Waals surface area contributed by atoms with Gasteiger partial charge in [-0.15, -0.1) is 11.6 Å². The fraction of sp³-hybridized carbons (Fsp3) is 1.00. The van der Waals surface area contributed by atoms with E-state index in [0.29, 0.717) is 38.5 Å². The highest BCUT2D eigenvalue weighted by molar-refractivity contribution is 7.86. The van der Waals surface area contributed by atoms with Crippen LogP contribution in [0.25, 0.3) is 0 Å². The lowest BCUT2D eigenvalue weighted by atomic mass is 10.5. The van der Waals surface area contributed by atoms with Crippen LogP contribution >= 0.6 is 11.6 Å². The van der Waals surface area contributed by atoms with Crippen LogP contribution in [0.3, 0.4) is 0 Å². The maximum absolute atomic E-state index is 12.0. The molecule has 0 aliphatic carbocycles. The fourth-order valence-corrected chi connectivity index (χ4v) is 2.73. The summed E-state index contributed by atoms with van der Waals surface area (Å²) in [5.41, 5.74) is 0. The van der Waals surface area contributed by atoms with Crippen LogP contribution in [0.4, 0.5) is 0 Å². The second kappa shape index (κ2) is 8.25. The maximum Gasteiger partial charge on any atom is 0.281 e. The molecule has 0 aliphatic rings. The largest absolute Gasteiger partial charge is 0.383 e. The average molecular weight is 273 g/mol. The van der Waals surface area contributed by atoms with E-state index < -0.39 is 10.2 Å². The third kappa shape index (κ3) is 4.97. The standard InChI is InChI=1S/C9H21ClN2O3S/c1-4-12(8-9-15-3)16(13,14)11(2)7-5-6-10/h4-9H2,1-3H3. The van der Waals surface area contributed by atoms with Crippen LogP contribution in [0.1, 0.15) is 13.3 Å². The molecule has 0 N–H and O–H groups in total. The summed E-state index contributed by atoms with van der Waals surface area (Å²) in [5.74, 6) is 0.462. The van der Waals surface area contributed by atoms with Gasteiger partial charge in [-0.05, 0) is 6.42 Å². The number of hydrogen-bond acceptors (Lipinski definition) is 3. The van der Waals surface area contributed by atoms with Gasteiger partial charge in [0.2, 0.25) is 0 Å². The minimum atomic E-state index is -3.37. The number of likely N-dealkylation sites (N-methyl/N-ethyl adjacent to an activating group) is 1. The molecule has 0 amide bonds. The maximum atomic E-state index is 12.0. The molecule has 0 unspecified atom stereocenters. The molecular weight excluding hydrogens is 252 g/mol. The average Bonchev–Trinajstić information content (AvgIpc) is 2.26. The van der Waals surface area contributed by atoms with Gasteiger partial charge in [0, 0.05) is 39.7 Å². The molecule has 0 bridgehead atoms. The zero-order valence-electron chi connectivity index (χ0n) is 10.1. The predicted molar refractivity (Wildman–Crippen MR) is 66.0 cm³/mol. The molecule has 0 rings (SSSR count). The first-order valence-electron chi connectivity index (χ1n) is 5.27. The normalized spacial score (nSPS) is 12.6. The Balaban J connectivity index is 4.46. The molecule has 0 aromatic carbocycles. The summed E-state index contributed by atoms with van der Waals surface area (Å²) in [4.78, 5) is 0. The van der Waals surface area contributed by atoms with Crippen LogP contribution in [0.5, 0.6) is 0 Å². The topological polar surface area (TPSA) is 49.9 Å². The molecule has 0 aromatic rings. The van der Waals surface area contributed by atoms with E-state index in [1.54, 1.807) is 14.2 Å². The Kier molecular flexibility index (Phi) is 8.31. The van der Waals surface area contributed by atoms with Gasteiger partial charge in [-0.2, -0.15) is 17.0 Å². The van der Waals surface area contributed by atoms with E-state index in [4.69, 9.17) is 16.3 Å². The molecule has 0 saturated heterocycles. The number of nitrogens with zero attached hydrogens (tertiary/aromatic N) is 2. The van der Waals surface area contributed by atoms with Crippen LogP contribution in [0.2, 0.25) is 0 Å². The Morgan fingerprint density at radius 2 is 1.94 bits per heavy atom. The smallest absolute Gasteiger partial charge is 0.281 e.